The van der Waals surface area contributed by atoms with Crippen molar-refractivity contribution in [3.63, 3.8) is 0 Å². The molecule has 0 bridgehead atoms. The van der Waals surface area contributed by atoms with Crippen molar-refractivity contribution in [1.29, 1.82) is 0 Å². The standard InChI is InChI=1S/C14H13ClN2O.C12H11ClN2/c1-9(18)17-7-6-13-11(8-17)14(15)10-4-2-3-5-12(10)16-13;13-12-8-3-1-2-4-10(8)15-11-5-6-14-7-9(11)12/h2-5H,6-8H2,1H3;1-4,14H,5-7H2. The van der Waals surface area contributed by atoms with Crippen LogP contribution < -0.4 is 5.32 Å². The van der Waals surface area contributed by atoms with Crippen molar-refractivity contribution < 1.29 is 4.79 Å². The Kier molecular flexibility index (Phi) is 6.19. The summed E-state index contributed by atoms with van der Waals surface area (Å²) in [4.78, 5) is 22.6. The van der Waals surface area contributed by atoms with Gasteiger partial charge in [-0.05, 0) is 12.1 Å². The van der Waals surface area contributed by atoms with Crippen LogP contribution in [-0.4, -0.2) is 33.9 Å². The molecule has 0 saturated heterocycles. The molecule has 6 rings (SSSR count). The minimum absolute atomic E-state index is 0.0878. The van der Waals surface area contributed by atoms with Gasteiger partial charge in [0.2, 0.25) is 5.91 Å². The molecular weight excluding hydrogens is 455 g/mol. The summed E-state index contributed by atoms with van der Waals surface area (Å²) in [5, 5.41) is 6.94. The lowest BCUT2D eigenvalue weighted by Crippen LogP contribution is -2.34. The molecule has 168 valence electrons. The second-order valence-corrected chi connectivity index (χ2v) is 9.11. The van der Waals surface area contributed by atoms with Crippen molar-refractivity contribution in [2.75, 3.05) is 13.1 Å². The largest absolute Gasteiger partial charge is 0.338 e. The smallest absolute Gasteiger partial charge is 0.219 e. The van der Waals surface area contributed by atoms with Crippen molar-refractivity contribution in [2.45, 2.75) is 32.9 Å². The summed E-state index contributed by atoms with van der Waals surface area (Å²) in [5.41, 5.74) is 6.27. The predicted octanol–water partition coefficient (Wildman–Crippen LogP) is 5.33. The number of pyridine rings is 2. The molecule has 0 spiro atoms. The Bertz CT molecular complexity index is 1370. The number of aromatic nitrogens is 2. The van der Waals surface area contributed by atoms with E-state index in [1.54, 1.807) is 6.92 Å². The van der Waals surface area contributed by atoms with Crippen LogP contribution in [0.25, 0.3) is 21.8 Å². The lowest BCUT2D eigenvalue weighted by Gasteiger charge is -2.28. The molecule has 1 amide bonds. The number of carbonyl (C=O) groups excluding carboxylic acids is 1. The number of carbonyl (C=O) groups is 1. The van der Waals surface area contributed by atoms with Crippen LogP contribution in [0.15, 0.2) is 48.5 Å². The van der Waals surface area contributed by atoms with Gasteiger partial charge in [-0.2, -0.15) is 0 Å². The Morgan fingerprint density at radius 3 is 2.09 bits per heavy atom. The highest BCUT2D eigenvalue weighted by Gasteiger charge is 2.23. The number of hydrogen-bond donors (Lipinski definition) is 1. The zero-order chi connectivity index (χ0) is 22.9. The molecule has 2 aromatic heterocycles. The Balaban J connectivity index is 0.000000140. The first-order valence-electron chi connectivity index (χ1n) is 11.1. The normalized spacial score (nSPS) is 14.9. The number of hydrogen-bond acceptors (Lipinski definition) is 4. The molecule has 7 heteroatoms. The van der Waals surface area contributed by atoms with Crippen LogP contribution >= 0.6 is 23.2 Å². The fourth-order valence-electron chi connectivity index (χ4n) is 4.47. The summed E-state index contributed by atoms with van der Waals surface area (Å²) < 4.78 is 0. The third-order valence-electron chi connectivity index (χ3n) is 6.27. The molecule has 0 unspecified atom stereocenters. The number of nitrogens with one attached hydrogen (secondary N) is 1. The van der Waals surface area contributed by atoms with E-state index in [1.807, 2.05) is 53.4 Å². The van der Waals surface area contributed by atoms with E-state index in [1.165, 1.54) is 5.56 Å². The minimum atomic E-state index is 0.0878. The molecule has 4 aromatic rings. The monoisotopic (exact) mass is 478 g/mol. The van der Waals surface area contributed by atoms with Crippen LogP contribution in [0.3, 0.4) is 0 Å². The molecule has 2 aliphatic heterocycles. The van der Waals surface area contributed by atoms with Crippen molar-refractivity contribution >= 4 is 50.9 Å². The average Bonchev–Trinajstić information content (AvgIpc) is 2.85. The molecule has 0 atom stereocenters. The second-order valence-electron chi connectivity index (χ2n) is 8.35. The number of nitrogens with zero attached hydrogens (tertiary/aromatic N) is 3. The van der Waals surface area contributed by atoms with Gasteiger partial charge in [0.25, 0.3) is 0 Å². The number of rotatable bonds is 0. The zero-order valence-corrected chi connectivity index (χ0v) is 19.9. The first-order chi connectivity index (χ1) is 16.0. The third-order valence-corrected chi connectivity index (χ3v) is 7.14. The molecule has 0 radical (unpaired) electrons. The lowest BCUT2D eigenvalue weighted by atomic mass is 10.0. The maximum absolute atomic E-state index is 11.4. The molecule has 0 fully saturated rings. The second kappa shape index (κ2) is 9.26. The first-order valence-corrected chi connectivity index (χ1v) is 11.9. The Morgan fingerprint density at radius 2 is 1.45 bits per heavy atom. The van der Waals surface area contributed by atoms with Crippen LogP contribution in [0.4, 0.5) is 0 Å². The van der Waals surface area contributed by atoms with Gasteiger partial charge in [0, 0.05) is 79.2 Å². The maximum atomic E-state index is 11.4. The van der Waals surface area contributed by atoms with E-state index in [4.69, 9.17) is 23.2 Å². The van der Waals surface area contributed by atoms with Gasteiger partial charge in [-0.25, -0.2) is 0 Å². The van der Waals surface area contributed by atoms with E-state index < -0.39 is 0 Å². The van der Waals surface area contributed by atoms with Gasteiger partial charge in [0.15, 0.2) is 0 Å². The van der Waals surface area contributed by atoms with Gasteiger partial charge in [-0.15, -0.1) is 0 Å². The van der Waals surface area contributed by atoms with Crippen molar-refractivity contribution in [3.8, 4) is 0 Å². The van der Waals surface area contributed by atoms with Crippen molar-refractivity contribution in [3.05, 3.63) is 81.1 Å². The SMILES string of the molecule is CC(=O)N1CCc2nc3ccccc3c(Cl)c2C1.Clc1c2c(nc3ccccc13)CCNC2. The Hall–Kier alpha value is -2.73. The van der Waals surface area contributed by atoms with Crippen molar-refractivity contribution in [2.24, 2.45) is 0 Å². The molecule has 0 saturated carbocycles. The molecule has 33 heavy (non-hydrogen) atoms. The van der Waals surface area contributed by atoms with Crippen LogP contribution in [0, 0.1) is 0 Å². The van der Waals surface area contributed by atoms with Gasteiger partial charge in [0.05, 0.1) is 21.1 Å². The summed E-state index contributed by atoms with van der Waals surface area (Å²) >= 11 is 12.8. The minimum Gasteiger partial charge on any atom is -0.338 e. The number of amides is 1. The van der Waals surface area contributed by atoms with Crippen LogP contribution in [-0.2, 0) is 30.7 Å². The molecule has 4 heterocycles. The summed E-state index contributed by atoms with van der Waals surface area (Å²) in [6.45, 7) is 4.72. The number of para-hydroxylation sites is 2. The molecule has 0 aliphatic carbocycles. The summed E-state index contributed by atoms with van der Waals surface area (Å²) in [7, 11) is 0. The van der Waals surface area contributed by atoms with Crippen molar-refractivity contribution in [1.82, 2.24) is 20.2 Å². The molecule has 1 N–H and O–H groups in total. The number of benzene rings is 2. The highest BCUT2D eigenvalue weighted by atomic mass is 35.5. The Labute approximate surface area is 202 Å². The van der Waals surface area contributed by atoms with E-state index in [-0.39, 0.29) is 5.91 Å². The van der Waals surface area contributed by atoms with E-state index in [9.17, 15) is 4.79 Å². The van der Waals surface area contributed by atoms with Gasteiger partial charge in [-0.1, -0.05) is 59.6 Å². The molecule has 5 nitrogen and oxygen atoms in total. The lowest BCUT2D eigenvalue weighted by molar-refractivity contribution is -0.129. The van der Waals surface area contributed by atoms with Gasteiger partial charge >= 0.3 is 0 Å². The molecule has 2 aliphatic rings. The van der Waals surface area contributed by atoms with E-state index in [0.717, 1.165) is 81.3 Å². The summed E-state index contributed by atoms with van der Waals surface area (Å²) in [5.74, 6) is 0.0878. The zero-order valence-electron chi connectivity index (χ0n) is 18.4. The fourth-order valence-corrected chi connectivity index (χ4v) is 5.14. The number of halogens is 2. The summed E-state index contributed by atoms with van der Waals surface area (Å²) in [6.07, 6.45) is 1.75. The quantitative estimate of drug-likeness (QED) is 0.371. The van der Waals surface area contributed by atoms with E-state index >= 15 is 0 Å². The summed E-state index contributed by atoms with van der Waals surface area (Å²) in [6, 6.07) is 15.9. The maximum Gasteiger partial charge on any atom is 0.219 e. The predicted molar refractivity (Wildman–Crippen MR) is 134 cm³/mol. The highest BCUT2D eigenvalue weighted by Crippen LogP contribution is 2.32. The fraction of sp³-hybridized carbons (Fsp3) is 0.269. The third kappa shape index (κ3) is 4.29. The van der Waals surface area contributed by atoms with Crippen LogP contribution in [0.1, 0.15) is 29.4 Å². The van der Waals surface area contributed by atoms with Gasteiger partial charge < -0.3 is 10.2 Å². The van der Waals surface area contributed by atoms with Crippen LogP contribution in [0.2, 0.25) is 10.0 Å². The topological polar surface area (TPSA) is 58.1 Å². The van der Waals surface area contributed by atoms with Gasteiger partial charge in [0.1, 0.15) is 0 Å². The number of fused-ring (bicyclic) bond motifs is 4. The Morgan fingerprint density at radius 1 is 0.879 bits per heavy atom. The van der Waals surface area contributed by atoms with E-state index in [0.29, 0.717) is 6.54 Å². The molecule has 2 aromatic carbocycles. The van der Waals surface area contributed by atoms with E-state index in [2.05, 4.69) is 15.3 Å². The van der Waals surface area contributed by atoms with Gasteiger partial charge in [-0.3, -0.25) is 14.8 Å². The van der Waals surface area contributed by atoms with Crippen LogP contribution in [0.5, 0.6) is 0 Å². The average molecular weight is 479 g/mol. The first kappa shape index (κ1) is 22.1. The molecular formula is C26H24Cl2N4O. The highest BCUT2D eigenvalue weighted by molar-refractivity contribution is 6.36.